The van der Waals surface area contributed by atoms with E-state index < -0.39 is 17.3 Å². The molecule has 7 heteroatoms. The van der Waals surface area contributed by atoms with Crippen LogP contribution in [0.3, 0.4) is 0 Å². The highest BCUT2D eigenvalue weighted by Crippen LogP contribution is 2.12. The van der Waals surface area contributed by atoms with E-state index >= 15 is 0 Å². The van der Waals surface area contributed by atoms with Crippen molar-refractivity contribution in [1.29, 1.82) is 0 Å². The van der Waals surface area contributed by atoms with Crippen LogP contribution in [0.5, 0.6) is 5.75 Å². The SMILES string of the molecule is O=C(O)c1ccc(NC(=O)c2cc(=O)c(OCc3ccccc3)c[nH]2)cc1. The van der Waals surface area contributed by atoms with Crippen molar-refractivity contribution in [3.63, 3.8) is 0 Å². The summed E-state index contributed by atoms with van der Waals surface area (Å²) in [5.41, 5.74) is 1.09. The Balaban J connectivity index is 1.66. The van der Waals surface area contributed by atoms with Gasteiger partial charge in [0.15, 0.2) is 5.75 Å². The summed E-state index contributed by atoms with van der Waals surface area (Å²) in [4.78, 5) is 37.9. The summed E-state index contributed by atoms with van der Waals surface area (Å²) >= 11 is 0. The molecule has 0 aliphatic heterocycles. The normalized spacial score (nSPS) is 10.2. The molecular formula is C20H16N2O5. The highest BCUT2D eigenvalue weighted by atomic mass is 16.5. The Morgan fingerprint density at radius 2 is 1.74 bits per heavy atom. The Morgan fingerprint density at radius 1 is 1.04 bits per heavy atom. The molecule has 0 aliphatic carbocycles. The molecule has 27 heavy (non-hydrogen) atoms. The summed E-state index contributed by atoms with van der Waals surface area (Å²) in [5, 5.41) is 11.5. The van der Waals surface area contributed by atoms with Crippen molar-refractivity contribution >= 4 is 17.6 Å². The Morgan fingerprint density at radius 3 is 2.37 bits per heavy atom. The lowest BCUT2D eigenvalue weighted by molar-refractivity contribution is 0.0696. The summed E-state index contributed by atoms with van der Waals surface area (Å²) in [6.45, 7) is 0.241. The first kappa shape index (κ1) is 17.9. The number of carboxylic acid groups (broad SMARTS) is 1. The first-order chi connectivity index (χ1) is 13.0. The van der Waals surface area contributed by atoms with Crippen molar-refractivity contribution in [1.82, 2.24) is 4.98 Å². The van der Waals surface area contributed by atoms with E-state index in [0.29, 0.717) is 5.69 Å². The molecule has 1 heterocycles. The van der Waals surface area contributed by atoms with Gasteiger partial charge < -0.3 is 20.1 Å². The molecule has 0 radical (unpaired) electrons. The van der Waals surface area contributed by atoms with Gasteiger partial charge in [-0.05, 0) is 29.8 Å². The van der Waals surface area contributed by atoms with Gasteiger partial charge >= 0.3 is 5.97 Å². The van der Waals surface area contributed by atoms with Gasteiger partial charge in [0.1, 0.15) is 12.3 Å². The zero-order valence-corrected chi connectivity index (χ0v) is 14.1. The van der Waals surface area contributed by atoms with Crippen LogP contribution in [0.4, 0.5) is 5.69 Å². The number of aromatic amines is 1. The maximum Gasteiger partial charge on any atom is 0.335 e. The fourth-order valence-electron chi connectivity index (χ4n) is 2.33. The molecule has 3 N–H and O–H groups in total. The average molecular weight is 364 g/mol. The average Bonchev–Trinajstić information content (AvgIpc) is 2.68. The maximum atomic E-state index is 12.2. The number of pyridine rings is 1. The zero-order chi connectivity index (χ0) is 19.2. The number of hydrogen-bond acceptors (Lipinski definition) is 4. The lowest BCUT2D eigenvalue weighted by Crippen LogP contribution is -2.17. The quantitative estimate of drug-likeness (QED) is 0.623. The first-order valence-corrected chi connectivity index (χ1v) is 8.07. The number of rotatable bonds is 6. The van der Waals surface area contributed by atoms with Gasteiger partial charge in [0.2, 0.25) is 5.43 Å². The highest BCUT2D eigenvalue weighted by molar-refractivity contribution is 6.03. The number of carbonyl (C=O) groups excluding carboxylic acids is 1. The molecule has 0 saturated heterocycles. The number of aromatic carboxylic acids is 1. The number of aromatic nitrogens is 1. The Labute approximate surface area is 154 Å². The van der Waals surface area contributed by atoms with E-state index in [2.05, 4.69) is 10.3 Å². The van der Waals surface area contributed by atoms with Crippen molar-refractivity contribution in [2.45, 2.75) is 6.61 Å². The highest BCUT2D eigenvalue weighted by Gasteiger charge is 2.11. The molecule has 0 atom stereocenters. The van der Waals surface area contributed by atoms with E-state index in [0.717, 1.165) is 11.6 Å². The van der Waals surface area contributed by atoms with Crippen LogP contribution >= 0.6 is 0 Å². The van der Waals surface area contributed by atoms with Crippen LogP contribution in [0.15, 0.2) is 71.7 Å². The van der Waals surface area contributed by atoms with Gasteiger partial charge in [0, 0.05) is 18.0 Å². The van der Waals surface area contributed by atoms with Crippen LogP contribution in [0, 0.1) is 0 Å². The van der Waals surface area contributed by atoms with Gasteiger partial charge in [-0.2, -0.15) is 0 Å². The van der Waals surface area contributed by atoms with Crippen molar-refractivity contribution in [2.24, 2.45) is 0 Å². The molecule has 0 saturated carbocycles. The monoisotopic (exact) mass is 364 g/mol. The minimum atomic E-state index is -1.05. The summed E-state index contributed by atoms with van der Waals surface area (Å²) < 4.78 is 5.48. The van der Waals surface area contributed by atoms with E-state index in [1.54, 1.807) is 0 Å². The minimum absolute atomic E-state index is 0.0642. The van der Waals surface area contributed by atoms with Gasteiger partial charge in [-0.1, -0.05) is 30.3 Å². The largest absolute Gasteiger partial charge is 0.483 e. The lowest BCUT2D eigenvalue weighted by Gasteiger charge is -2.08. The first-order valence-electron chi connectivity index (χ1n) is 8.07. The third-order valence-corrected chi connectivity index (χ3v) is 3.75. The third kappa shape index (κ3) is 4.60. The molecule has 0 aliphatic rings. The van der Waals surface area contributed by atoms with E-state index in [-0.39, 0.29) is 23.6 Å². The fraction of sp³-hybridized carbons (Fsp3) is 0.0500. The summed E-state index contributed by atoms with van der Waals surface area (Å²) in [6, 6.07) is 16.2. The van der Waals surface area contributed by atoms with Gasteiger partial charge in [0.05, 0.1) is 5.56 Å². The summed E-state index contributed by atoms with van der Waals surface area (Å²) in [6.07, 6.45) is 1.34. The van der Waals surface area contributed by atoms with Crippen molar-refractivity contribution in [3.05, 3.63) is 93.9 Å². The van der Waals surface area contributed by atoms with Gasteiger partial charge in [-0.3, -0.25) is 9.59 Å². The Kier molecular flexibility index (Phi) is 5.32. The lowest BCUT2D eigenvalue weighted by atomic mass is 10.2. The number of carbonyl (C=O) groups is 2. The van der Waals surface area contributed by atoms with E-state index in [9.17, 15) is 14.4 Å². The Bertz CT molecular complexity index is 1010. The topological polar surface area (TPSA) is 108 Å². The van der Waals surface area contributed by atoms with Crippen LogP contribution in [-0.2, 0) is 6.61 Å². The maximum absolute atomic E-state index is 12.2. The number of H-pyrrole nitrogens is 1. The molecule has 1 aromatic heterocycles. The molecule has 7 nitrogen and oxygen atoms in total. The second-order valence-corrected chi connectivity index (χ2v) is 5.69. The fourth-order valence-corrected chi connectivity index (χ4v) is 2.33. The van der Waals surface area contributed by atoms with Gasteiger partial charge in [-0.25, -0.2) is 4.79 Å². The third-order valence-electron chi connectivity index (χ3n) is 3.75. The number of benzene rings is 2. The standard InChI is InChI=1S/C20H16N2O5/c23-17-10-16(19(24)22-15-8-6-14(7-9-15)20(25)26)21-11-18(17)27-12-13-4-2-1-3-5-13/h1-11H,12H2,(H,21,23)(H,22,24)(H,25,26). The van der Waals surface area contributed by atoms with Crippen LogP contribution in [-0.4, -0.2) is 22.0 Å². The van der Waals surface area contributed by atoms with Crippen LogP contribution in [0.2, 0.25) is 0 Å². The molecule has 0 spiro atoms. The van der Waals surface area contributed by atoms with E-state index in [1.165, 1.54) is 30.5 Å². The van der Waals surface area contributed by atoms with Crippen molar-refractivity contribution < 1.29 is 19.4 Å². The van der Waals surface area contributed by atoms with Crippen LogP contribution in [0.1, 0.15) is 26.4 Å². The predicted octanol–water partition coefficient (Wildman–Crippen LogP) is 2.90. The second kappa shape index (κ2) is 8.01. The number of ether oxygens (including phenoxy) is 1. The van der Waals surface area contributed by atoms with Crippen LogP contribution in [0.25, 0.3) is 0 Å². The molecule has 0 unspecified atom stereocenters. The smallest absolute Gasteiger partial charge is 0.335 e. The number of carboxylic acids is 1. The second-order valence-electron chi connectivity index (χ2n) is 5.69. The molecule has 2 aromatic carbocycles. The Hall–Kier alpha value is -3.87. The van der Waals surface area contributed by atoms with Crippen molar-refractivity contribution in [3.8, 4) is 5.75 Å². The predicted molar refractivity (Wildman–Crippen MR) is 99.2 cm³/mol. The van der Waals surface area contributed by atoms with Crippen molar-refractivity contribution in [2.75, 3.05) is 5.32 Å². The number of nitrogens with one attached hydrogen (secondary N) is 2. The van der Waals surface area contributed by atoms with Gasteiger partial charge in [-0.15, -0.1) is 0 Å². The molecule has 136 valence electrons. The molecular weight excluding hydrogens is 348 g/mol. The molecule has 3 aromatic rings. The number of amides is 1. The van der Waals surface area contributed by atoms with E-state index in [1.807, 2.05) is 30.3 Å². The zero-order valence-electron chi connectivity index (χ0n) is 14.1. The van der Waals surface area contributed by atoms with Gasteiger partial charge in [0.25, 0.3) is 5.91 Å². The van der Waals surface area contributed by atoms with Crippen LogP contribution < -0.4 is 15.5 Å². The minimum Gasteiger partial charge on any atom is -0.483 e. The van der Waals surface area contributed by atoms with E-state index in [4.69, 9.17) is 9.84 Å². The number of anilines is 1. The molecule has 0 fully saturated rings. The molecule has 3 rings (SSSR count). The summed E-state index contributed by atoms with van der Waals surface area (Å²) in [7, 11) is 0. The summed E-state index contributed by atoms with van der Waals surface area (Å²) in [5.74, 6) is -1.46. The molecule has 0 bridgehead atoms. The molecule has 1 amide bonds. The number of hydrogen-bond donors (Lipinski definition) is 3.